The molecule has 0 atom stereocenters. The number of carbonyl (C=O) groups is 1. The maximum Gasteiger partial charge on any atom is 0.263 e. The molecule has 1 aromatic carbocycles. The summed E-state index contributed by atoms with van der Waals surface area (Å²) in [6.45, 7) is 2.22. The molecule has 5 nitrogen and oxygen atoms in total. The zero-order valence-electron chi connectivity index (χ0n) is 16.1. The molecule has 1 aliphatic rings. The fraction of sp³-hybridized carbons (Fsp3) is 0.350. The second-order valence-corrected chi connectivity index (χ2v) is 8.92. The predicted molar refractivity (Wildman–Crippen MR) is 112 cm³/mol. The number of rotatable bonds is 5. The van der Waals surface area contributed by atoms with Gasteiger partial charge in [0, 0.05) is 11.4 Å². The van der Waals surface area contributed by atoms with Gasteiger partial charge in [-0.15, -0.1) is 11.3 Å². The second kappa shape index (κ2) is 8.43. The van der Waals surface area contributed by atoms with Gasteiger partial charge in [0.1, 0.15) is 4.83 Å². The van der Waals surface area contributed by atoms with Crippen LogP contribution in [-0.2, 0) is 24.2 Å². The Bertz CT molecular complexity index is 1210. The van der Waals surface area contributed by atoms with Crippen molar-refractivity contribution in [3.8, 4) is 0 Å². The summed E-state index contributed by atoms with van der Waals surface area (Å²) in [5.74, 6) is -5.21. The normalized spacial score (nSPS) is 13.5. The average Bonchev–Trinajstić information content (AvgIpc) is 3.11. The summed E-state index contributed by atoms with van der Waals surface area (Å²) in [5.41, 5.74) is 0.544. The quantitative estimate of drug-likeness (QED) is 0.351. The number of anilines is 1. The lowest BCUT2D eigenvalue weighted by Gasteiger charge is -2.12. The third-order valence-electron chi connectivity index (χ3n) is 5.00. The molecule has 0 radical (unpaired) electrons. The Kier molecular flexibility index (Phi) is 5.88. The molecule has 158 valence electrons. The van der Waals surface area contributed by atoms with Gasteiger partial charge in [0.15, 0.2) is 22.6 Å². The lowest BCUT2D eigenvalue weighted by atomic mass is 9.97. The Hall–Kier alpha value is -2.33. The molecule has 0 bridgehead atoms. The van der Waals surface area contributed by atoms with Gasteiger partial charge >= 0.3 is 0 Å². The largest absolute Gasteiger partial charge is 0.323 e. The molecule has 0 aliphatic heterocycles. The number of thioether (sulfide) groups is 1. The molecule has 1 N–H and O–H groups in total. The molecular formula is C20H18F3N3O2S2. The van der Waals surface area contributed by atoms with E-state index in [1.807, 2.05) is 6.92 Å². The minimum Gasteiger partial charge on any atom is -0.323 e. The van der Waals surface area contributed by atoms with Crippen molar-refractivity contribution in [1.29, 1.82) is 0 Å². The molecule has 0 saturated carbocycles. The molecule has 0 fully saturated rings. The van der Waals surface area contributed by atoms with Gasteiger partial charge in [-0.25, -0.2) is 18.2 Å². The van der Waals surface area contributed by atoms with Gasteiger partial charge in [-0.2, -0.15) is 0 Å². The molecular weight excluding hydrogens is 435 g/mol. The van der Waals surface area contributed by atoms with E-state index in [0.29, 0.717) is 21.9 Å². The number of hydrogen-bond acceptors (Lipinski definition) is 5. The zero-order valence-corrected chi connectivity index (χ0v) is 17.7. The van der Waals surface area contributed by atoms with Crippen molar-refractivity contribution in [3.05, 3.63) is 50.4 Å². The number of carbonyl (C=O) groups excluding carboxylic acids is 1. The number of hydrogen-bond donors (Lipinski definition) is 1. The van der Waals surface area contributed by atoms with Gasteiger partial charge in [0.05, 0.1) is 16.8 Å². The lowest BCUT2D eigenvalue weighted by molar-refractivity contribution is -0.113. The predicted octanol–water partition coefficient (Wildman–Crippen LogP) is 4.50. The van der Waals surface area contributed by atoms with Crippen LogP contribution in [0, 0.1) is 17.5 Å². The van der Waals surface area contributed by atoms with Crippen LogP contribution in [-0.4, -0.2) is 21.2 Å². The Morgan fingerprint density at radius 2 is 2.00 bits per heavy atom. The highest BCUT2D eigenvalue weighted by Gasteiger charge is 2.22. The van der Waals surface area contributed by atoms with E-state index >= 15 is 0 Å². The van der Waals surface area contributed by atoms with Crippen molar-refractivity contribution < 1.29 is 18.0 Å². The molecule has 1 amide bonds. The van der Waals surface area contributed by atoms with Crippen molar-refractivity contribution in [1.82, 2.24) is 9.55 Å². The number of aryl methyl sites for hydroxylation is 2. The fourth-order valence-electron chi connectivity index (χ4n) is 3.55. The molecule has 0 spiro atoms. The molecule has 30 heavy (non-hydrogen) atoms. The van der Waals surface area contributed by atoms with Crippen LogP contribution >= 0.6 is 23.1 Å². The smallest absolute Gasteiger partial charge is 0.263 e. The van der Waals surface area contributed by atoms with E-state index in [4.69, 9.17) is 0 Å². The summed E-state index contributed by atoms with van der Waals surface area (Å²) in [4.78, 5) is 31.8. The van der Waals surface area contributed by atoms with Crippen LogP contribution in [0.5, 0.6) is 0 Å². The van der Waals surface area contributed by atoms with Crippen LogP contribution in [0.1, 0.15) is 30.2 Å². The van der Waals surface area contributed by atoms with Crippen LogP contribution in [0.2, 0.25) is 0 Å². The highest BCUT2D eigenvalue weighted by atomic mass is 32.2. The first-order valence-corrected chi connectivity index (χ1v) is 11.3. The van der Waals surface area contributed by atoms with Gasteiger partial charge < -0.3 is 5.32 Å². The maximum atomic E-state index is 13.8. The molecule has 0 saturated heterocycles. The number of halogens is 3. The average molecular weight is 454 g/mol. The lowest BCUT2D eigenvalue weighted by Crippen LogP contribution is -2.24. The van der Waals surface area contributed by atoms with Gasteiger partial charge in [-0.05, 0) is 50.3 Å². The van der Waals surface area contributed by atoms with Gasteiger partial charge in [-0.1, -0.05) is 11.8 Å². The van der Waals surface area contributed by atoms with Crippen molar-refractivity contribution >= 4 is 44.9 Å². The number of aromatic nitrogens is 2. The fourth-order valence-corrected chi connectivity index (χ4v) is 5.71. The minimum absolute atomic E-state index is 0.114. The van der Waals surface area contributed by atoms with E-state index < -0.39 is 29.0 Å². The number of nitrogens with zero attached hydrogens (tertiary/aromatic N) is 2. The highest BCUT2D eigenvalue weighted by Crippen LogP contribution is 2.34. The van der Waals surface area contributed by atoms with Crippen molar-refractivity contribution in [3.63, 3.8) is 0 Å². The summed E-state index contributed by atoms with van der Waals surface area (Å²) < 4.78 is 41.6. The topological polar surface area (TPSA) is 64.0 Å². The van der Waals surface area contributed by atoms with Gasteiger partial charge in [0.2, 0.25) is 5.91 Å². The van der Waals surface area contributed by atoms with Crippen LogP contribution in [0.25, 0.3) is 10.2 Å². The first-order chi connectivity index (χ1) is 14.4. The molecule has 2 aromatic heterocycles. The number of fused-ring (bicyclic) bond motifs is 3. The minimum atomic E-state index is -1.64. The molecule has 0 unspecified atom stereocenters. The van der Waals surface area contributed by atoms with Gasteiger partial charge in [-0.3, -0.25) is 14.2 Å². The molecule has 4 rings (SSSR count). The summed E-state index contributed by atoms with van der Waals surface area (Å²) in [6, 6.07) is 1.70. The third-order valence-corrected chi connectivity index (χ3v) is 7.16. The van der Waals surface area contributed by atoms with Crippen LogP contribution in [0.3, 0.4) is 0 Å². The monoisotopic (exact) mass is 453 g/mol. The number of thiophene rings is 1. The number of amides is 1. The first-order valence-electron chi connectivity index (χ1n) is 9.52. The SMILES string of the molecule is CCn1c(SCC(=O)Nc2ccc(F)c(F)c2F)nc2sc3c(c2c1=O)CCCC3. The second-order valence-electron chi connectivity index (χ2n) is 6.89. The highest BCUT2D eigenvalue weighted by molar-refractivity contribution is 7.99. The van der Waals surface area contributed by atoms with E-state index in [1.54, 1.807) is 0 Å². The number of benzene rings is 1. The summed E-state index contributed by atoms with van der Waals surface area (Å²) >= 11 is 2.57. The third kappa shape index (κ3) is 3.74. The summed E-state index contributed by atoms with van der Waals surface area (Å²) in [7, 11) is 0. The van der Waals surface area contributed by atoms with E-state index in [9.17, 15) is 22.8 Å². The van der Waals surface area contributed by atoms with Crippen LogP contribution in [0.4, 0.5) is 18.9 Å². The maximum absolute atomic E-state index is 13.8. The standard InChI is InChI=1S/C20H18F3N3O2S2/c1-2-26-19(28)15-10-5-3-4-6-13(10)30-18(15)25-20(26)29-9-14(27)24-12-8-7-11(21)16(22)17(12)23/h7-8H,2-6,9H2,1H3,(H,24,27). The molecule has 1 aliphatic carbocycles. The summed E-state index contributed by atoms with van der Waals surface area (Å²) in [5, 5.41) is 3.30. The Labute approximate surface area is 178 Å². The van der Waals surface area contributed by atoms with Crippen molar-refractivity contribution in [2.75, 3.05) is 11.1 Å². The Morgan fingerprint density at radius 1 is 1.23 bits per heavy atom. The van der Waals surface area contributed by atoms with E-state index in [1.165, 1.54) is 20.8 Å². The van der Waals surface area contributed by atoms with Crippen molar-refractivity contribution in [2.45, 2.75) is 44.3 Å². The Morgan fingerprint density at radius 3 is 2.77 bits per heavy atom. The van der Waals surface area contributed by atoms with Gasteiger partial charge in [0.25, 0.3) is 5.56 Å². The van der Waals surface area contributed by atoms with Crippen LogP contribution in [0.15, 0.2) is 22.1 Å². The molecule has 2 heterocycles. The van der Waals surface area contributed by atoms with Crippen molar-refractivity contribution in [2.24, 2.45) is 0 Å². The molecule has 10 heteroatoms. The Balaban J connectivity index is 1.57. The zero-order chi connectivity index (χ0) is 21.4. The van der Waals surface area contributed by atoms with Crippen LogP contribution < -0.4 is 10.9 Å². The van der Waals surface area contributed by atoms with E-state index in [-0.39, 0.29) is 11.3 Å². The van der Waals surface area contributed by atoms with E-state index in [0.717, 1.165) is 55.1 Å². The first kappa shape index (κ1) is 20.9. The van der Waals surface area contributed by atoms with E-state index in [2.05, 4.69) is 10.3 Å². The number of nitrogens with one attached hydrogen (secondary N) is 1. The summed E-state index contributed by atoms with van der Waals surface area (Å²) in [6.07, 6.45) is 3.99. The molecule has 3 aromatic rings.